The van der Waals surface area contributed by atoms with Crippen molar-refractivity contribution in [2.45, 2.75) is 24.0 Å². The Hall–Kier alpha value is -1.17. The van der Waals surface area contributed by atoms with Gasteiger partial charge in [-0.25, -0.2) is 17.2 Å². The van der Waals surface area contributed by atoms with Crippen LogP contribution in [-0.4, -0.2) is 13.7 Å². The number of nitrogens with two attached hydrogens (primary N) is 1. The monoisotopic (exact) mass is 235 g/mol. The molecule has 3 nitrogen and oxygen atoms in total. The standard InChI is InChI=1S/C9H11F2NO2S/c1-5(2)15(13,14)9-4-6(10)8(12)3-7(9)11/h3-5H,12H2,1-2H3. The zero-order valence-electron chi connectivity index (χ0n) is 8.29. The Bertz CT molecular complexity index is 483. The molecule has 6 heteroatoms. The largest absolute Gasteiger partial charge is 0.396 e. The Balaban J connectivity index is 3.46. The maximum atomic E-state index is 13.3. The molecule has 1 rings (SSSR count). The van der Waals surface area contributed by atoms with Crippen LogP contribution in [0.4, 0.5) is 14.5 Å². The lowest BCUT2D eigenvalue weighted by Crippen LogP contribution is -2.16. The SMILES string of the molecule is CC(C)S(=O)(=O)c1cc(F)c(N)cc1F. The summed E-state index contributed by atoms with van der Waals surface area (Å²) < 4.78 is 49.4. The van der Waals surface area contributed by atoms with E-state index in [0.29, 0.717) is 12.1 Å². The van der Waals surface area contributed by atoms with Gasteiger partial charge < -0.3 is 5.73 Å². The molecular weight excluding hydrogens is 224 g/mol. The number of nitrogen functional groups attached to an aromatic ring is 1. The summed E-state index contributed by atoms with van der Waals surface area (Å²) in [4.78, 5) is -0.649. The minimum Gasteiger partial charge on any atom is -0.396 e. The molecule has 1 aromatic rings. The van der Waals surface area contributed by atoms with Crippen molar-refractivity contribution in [2.24, 2.45) is 0 Å². The molecular formula is C9H11F2NO2S. The van der Waals surface area contributed by atoms with Crippen molar-refractivity contribution in [1.82, 2.24) is 0 Å². The number of rotatable bonds is 2. The molecule has 0 unspecified atom stereocenters. The van der Waals surface area contributed by atoms with Crippen LogP contribution in [0, 0.1) is 11.6 Å². The molecule has 84 valence electrons. The second kappa shape index (κ2) is 3.77. The van der Waals surface area contributed by atoms with Gasteiger partial charge in [0, 0.05) is 6.07 Å². The molecule has 0 atom stereocenters. The van der Waals surface area contributed by atoms with Crippen LogP contribution in [-0.2, 0) is 9.84 Å². The van der Waals surface area contributed by atoms with E-state index in [-0.39, 0.29) is 0 Å². The highest BCUT2D eigenvalue weighted by molar-refractivity contribution is 7.92. The number of sulfone groups is 1. The van der Waals surface area contributed by atoms with Crippen molar-refractivity contribution in [2.75, 3.05) is 5.73 Å². The summed E-state index contributed by atoms with van der Waals surface area (Å²) in [7, 11) is -3.82. The minimum atomic E-state index is -3.82. The van der Waals surface area contributed by atoms with Gasteiger partial charge in [0.25, 0.3) is 0 Å². The summed E-state index contributed by atoms with van der Waals surface area (Å²) in [6, 6.07) is 1.28. The first-order valence-corrected chi connectivity index (χ1v) is 5.80. The van der Waals surface area contributed by atoms with Gasteiger partial charge in [-0.1, -0.05) is 0 Å². The first-order chi connectivity index (χ1) is 6.76. The smallest absolute Gasteiger partial charge is 0.183 e. The van der Waals surface area contributed by atoms with E-state index in [0.717, 1.165) is 0 Å². The van der Waals surface area contributed by atoms with Gasteiger partial charge in [0.2, 0.25) is 0 Å². The number of halogens is 2. The Morgan fingerprint density at radius 2 is 1.73 bits per heavy atom. The Morgan fingerprint density at radius 3 is 2.20 bits per heavy atom. The molecule has 0 amide bonds. The normalized spacial score (nSPS) is 12.1. The zero-order chi connectivity index (χ0) is 11.8. The number of benzene rings is 1. The lowest BCUT2D eigenvalue weighted by atomic mass is 10.3. The minimum absolute atomic E-state index is 0.407. The van der Waals surface area contributed by atoms with Crippen LogP contribution in [0.1, 0.15) is 13.8 Å². The van der Waals surface area contributed by atoms with Crippen molar-refractivity contribution in [1.29, 1.82) is 0 Å². The molecule has 0 saturated heterocycles. The van der Waals surface area contributed by atoms with Gasteiger partial charge in [-0.15, -0.1) is 0 Å². The number of hydrogen-bond acceptors (Lipinski definition) is 3. The quantitative estimate of drug-likeness (QED) is 0.794. The van der Waals surface area contributed by atoms with Crippen molar-refractivity contribution >= 4 is 15.5 Å². The molecule has 1 aromatic carbocycles. The molecule has 0 aliphatic rings. The third-order valence-electron chi connectivity index (χ3n) is 1.98. The van der Waals surface area contributed by atoms with E-state index in [1.165, 1.54) is 13.8 Å². The highest BCUT2D eigenvalue weighted by Crippen LogP contribution is 2.23. The van der Waals surface area contributed by atoms with Crippen molar-refractivity contribution in [3.05, 3.63) is 23.8 Å². The van der Waals surface area contributed by atoms with E-state index in [1.807, 2.05) is 0 Å². The zero-order valence-corrected chi connectivity index (χ0v) is 9.11. The lowest BCUT2D eigenvalue weighted by molar-refractivity contribution is 0.550. The van der Waals surface area contributed by atoms with Gasteiger partial charge >= 0.3 is 0 Å². The predicted molar refractivity (Wildman–Crippen MR) is 53.1 cm³/mol. The first kappa shape index (κ1) is 11.9. The molecule has 0 saturated carbocycles. The van der Waals surface area contributed by atoms with E-state index >= 15 is 0 Å². The lowest BCUT2D eigenvalue weighted by Gasteiger charge is -2.09. The maximum Gasteiger partial charge on any atom is 0.183 e. The van der Waals surface area contributed by atoms with Crippen LogP contribution >= 0.6 is 0 Å². The van der Waals surface area contributed by atoms with Gasteiger partial charge in [-0.05, 0) is 19.9 Å². The van der Waals surface area contributed by atoms with Crippen molar-refractivity contribution in [3.8, 4) is 0 Å². The molecule has 0 aromatic heterocycles. The van der Waals surface area contributed by atoms with Crippen LogP contribution in [0.5, 0.6) is 0 Å². The van der Waals surface area contributed by atoms with Gasteiger partial charge in [0.15, 0.2) is 9.84 Å². The van der Waals surface area contributed by atoms with E-state index in [9.17, 15) is 17.2 Å². The highest BCUT2D eigenvalue weighted by Gasteiger charge is 2.24. The average Bonchev–Trinajstić information content (AvgIpc) is 2.10. The number of hydrogen-bond donors (Lipinski definition) is 1. The van der Waals surface area contributed by atoms with E-state index in [1.54, 1.807) is 0 Å². The third-order valence-corrected chi connectivity index (χ3v) is 4.15. The van der Waals surface area contributed by atoms with Crippen LogP contribution < -0.4 is 5.73 Å². The summed E-state index contributed by atoms with van der Waals surface area (Å²) in [6.07, 6.45) is 0. The van der Waals surface area contributed by atoms with Crippen LogP contribution in [0.2, 0.25) is 0 Å². The summed E-state index contributed by atoms with van der Waals surface area (Å²) >= 11 is 0. The second-order valence-corrected chi connectivity index (χ2v) is 5.87. The van der Waals surface area contributed by atoms with Gasteiger partial charge in [0.1, 0.15) is 16.5 Å². The molecule has 0 aliphatic heterocycles. The van der Waals surface area contributed by atoms with E-state index < -0.39 is 37.3 Å². The summed E-state index contributed by atoms with van der Waals surface area (Å²) in [6.45, 7) is 2.78. The van der Waals surface area contributed by atoms with E-state index in [4.69, 9.17) is 5.73 Å². The van der Waals surface area contributed by atoms with Gasteiger partial charge in [-0.2, -0.15) is 0 Å². The fourth-order valence-corrected chi connectivity index (χ4v) is 2.12. The third kappa shape index (κ3) is 2.09. The van der Waals surface area contributed by atoms with Gasteiger partial charge in [0.05, 0.1) is 10.9 Å². The summed E-state index contributed by atoms with van der Waals surface area (Å²) in [5.41, 5.74) is 4.69. The molecule has 0 bridgehead atoms. The summed E-state index contributed by atoms with van der Waals surface area (Å²) in [5, 5.41) is -0.810. The van der Waals surface area contributed by atoms with Crippen LogP contribution in [0.3, 0.4) is 0 Å². The molecule has 0 fully saturated rings. The van der Waals surface area contributed by atoms with Crippen LogP contribution in [0.15, 0.2) is 17.0 Å². The number of anilines is 1. The fourth-order valence-electron chi connectivity index (χ4n) is 1.02. The van der Waals surface area contributed by atoms with Crippen LogP contribution in [0.25, 0.3) is 0 Å². The molecule has 15 heavy (non-hydrogen) atoms. The fraction of sp³-hybridized carbons (Fsp3) is 0.333. The first-order valence-electron chi connectivity index (χ1n) is 4.25. The molecule has 0 aliphatic carbocycles. The topological polar surface area (TPSA) is 60.2 Å². The Morgan fingerprint density at radius 1 is 1.20 bits per heavy atom. The highest BCUT2D eigenvalue weighted by atomic mass is 32.2. The second-order valence-electron chi connectivity index (χ2n) is 3.40. The van der Waals surface area contributed by atoms with Gasteiger partial charge in [-0.3, -0.25) is 0 Å². The molecule has 0 radical (unpaired) electrons. The van der Waals surface area contributed by atoms with Crippen molar-refractivity contribution in [3.63, 3.8) is 0 Å². The Kier molecular flexibility index (Phi) is 2.99. The molecule has 0 spiro atoms. The summed E-state index contributed by atoms with van der Waals surface area (Å²) in [5.74, 6) is -1.96. The molecule has 2 N–H and O–H groups in total. The van der Waals surface area contributed by atoms with E-state index in [2.05, 4.69) is 0 Å². The predicted octanol–water partition coefficient (Wildman–Crippen LogP) is 1.73. The van der Waals surface area contributed by atoms with Crippen molar-refractivity contribution < 1.29 is 17.2 Å². The molecule has 0 heterocycles. The average molecular weight is 235 g/mol. The maximum absolute atomic E-state index is 13.3. The Labute approximate surface area is 86.8 Å².